The third-order valence-corrected chi connectivity index (χ3v) is 3.73. The van der Waals surface area contributed by atoms with E-state index in [0.717, 1.165) is 11.0 Å². The molecule has 1 atom stereocenters. The second-order valence-electron chi connectivity index (χ2n) is 5.18. The Labute approximate surface area is 114 Å². The maximum Gasteiger partial charge on any atom is 0.129 e. The van der Waals surface area contributed by atoms with E-state index in [2.05, 4.69) is 76.6 Å². The van der Waals surface area contributed by atoms with E-state index < -0.39 is 8.07 Å². The van der Waals surface area contributed by atoms with E-state index in [1.54, 1.807) is 0 Å². The second kappa shape index (κ2) is 6.39. The van der Waals surface area contributed by atoms with Gasteiger partial charge in [-0.05, 0) is 24.7 Å². The molecular formula is C14H20BrNSi. The molecule has 0 bridgehead atoms. The minimum Gasteiger partial charge on any atom is -0.318 e. The molecule has 0 aliphatic rings. The van der Waals surface area contributed by atoms with Crippen molar-refractivity contribution in [3.05, 3.63) is 34.3 Å². The molecular weight excluding hydrogens is 290 g/mol. The molecule has 1 N–H and O–H groups in total. The first kappa shape index (κ1) is 14.5. The molecule has 0 aliphatic carbocycles. The smallest absolute Gasteiger partial charge is 0.129 e. The van der Waals surface area contributed by atoms with Crippen molar-refractivity contribution in [3.63, 3.8) is 0 Å². The van der Waals surface area contributed by atoms with Crippen molar-refractivity contribution in [1.82, 2.24) is 5.32 Å². The first-order chi connectivity index (χ1) is 7.92. The molecule has 0 saturated carbocycles. The van der Waals surface area contributed by atoms with Crippen LogP contribution in [0.1, 0.15) is 11.5 Å². The summed E-state index contributed by atoms with van der Waals surface area (Å²) in [5.41, 5.74) is 4.74. The monoisotopic (exact) mass is 309 g/mol. The van der Waals surface area contributed by atoms with Gasteiger partial charge < -0.3 is 5.32 Å². The SMILES string of the molecule is CNC[C@H](C#C[Si](C)(C)C)c1ccc(Br)cc1. The molecule has 17 heavy (non-hydrogen) atoms. The lowest BCUT2D eigenvalue weighted by molar-refractivity contribution is 0.740. The Bertz CT molecular complexity index is 409. The molecule has 0 amide bonds. The van der Waals surface area contributed by atoms with Crippen LogP contribution in [0.3, 0.4) is 0 Å². The lowest BCUT2D eigenvalue weighted by atomic mass is 10.0. The minimum atomic E-state index is -1.29. The van der Waals surface area contributed by atoms with Gasteiger partial charge in [-0.2, -0.15) is 0 Å². The molecule has 0 heterocycles. The van der Waals surface area contributed by atoms with Crippen molar-refractivity contribution in [1.29, 1.82) is 0 Å². The summed E-state index contributed by atoms with van der Waals surface area (Å²) >= 11 is 3.46. The van der Waals surface area contributed by atoms with Crippen LogP contribution in [-0.2, 0) is 0 Å². The average molecular weight is 310 g/mol. The van der Waals surface area contributed by atoms with Gasteiger partial charge in [-0.15, -0.1) is 11.5 Å². The third kappa shape index (κ3) is 5.54. The predicted molar refractivity (Wildman–Crippen MR) is 81.9 cm³/mol. The highest BCUT2D eigenvalue weighted by Gasteiger charge is 2.11. The largest absolute Gasteiger partial charge is 0.318 e. The van der Waals surface area contributed by atoms with Gasteiger partial charge in [-0.25, -0.2) is 0 Å². The van der Waals surface area contributed by atoms with Crippen molar-refractivity contribution >= 4 is 24.0 Å². The Balaban J connectivity index is 2.92. The fourth-order valence-corrected chi connectivity index (χ4v) is 2.33. The van der Waals surface area contributed by atoms with Gasteiger partial charge in [-0.1, -0.05) is 47.7 Å². The summed E-state index contributed by atoms with van der Waals surface area (Å²) in [7, 11) is 0.683. The lowest BCUT2D eigenvalue weighted by Crippen LogP contribution is -2.20. The Morgan fingerprint density at radius 1 is 1.24 bits per heavy atom. The molecule has 0 fully saturated rings. The van der Waals surface area contributed by atoms with Gasteiger partial charge in [0.1, 0.15) is 8.07 Å². The fraction of sp³-hybridized carbons (Fsp3) is 0.429. The quantitative estimate of drug-likeness (QED) is 0.664. The van der Waals surface area contributed by atoms with E-state index in [-0.39, 0.29) is 0 Å². The number of likely N-dealkylation sites (N-methyl/N-ethyl adjacent to an activating group) is 1. The normalized spacial score (nSPS) is 12.8. The number of halogens is 1. The minimum absolute atomic E-state index is 0.292. The van der Waals surface area contributed by atoms with E-state index in [1.165, 1.54) is 5.56 Å². The molecule has 1 rings (SSSR count). The highest BCUT2D eigenvalue weighted by molar-refractivity contribution is 9.10. The van der Waals surface area contributed by atoms with E-state index in [1.807, 2.05) is 7.05 Å². The molecule has 1 aromatic rings. The van der Waals surface area contributed by atoms with E-state index in [0.29, 0.717) is 5.92 Å². The molecule has 0 aromatic heterocycles. The van der Waals surface area contributed by atoms with Crippen LogP contribution in [0.2, 0.25) is 19.6 Å². The van der Waals surface area contributed by atoms with Gasteiger partial charge in [-0.3, -0.25) is 0 Å². The molecule has 1 nitrogen and oxygen atoms in total. The zero-order valence-electron chi connectivity index (χ0n) is 11.0. The number of benzene rings is 1. The lowest BCUT2D eigenvalue weighted by Gasteiger charge is -2.12. The highest BCUT2D eigenvalue weighted by Crippen LogP contribution is 2.18. The van der Waals surface area contributed by atoms with Gasteiger partial charge in [0.2, 0.25) is 0 Å². The van der Waals surface area contributed by atoms with Gasteiger partial charge in [0.05, 0.1) is 5.92 Å². The zero-order chi connectivity index (χ0) is 12.9. The van der Waals surface area contributed by atoms with Gasteiger partial charge >= 0.3 is 0 Å². The first-order valence-electron chi connectivity index (χ1n) is 5.85. The summed E-state index contributed by atoms with van der Waals surface area (Å²) in [6.07, 6.45) is 0. The number of hydrogen-bond acceptors (Lipinski definition) is 1. The molecule has 0 saturated heterocycles. The molecule has 3 heteroatoms. The van der Waals surface area contributed by atoms with Crippen LogP contribution in [0.5, 0.6) is 0 Å². The average Bonchev–Trinajstić information content (AvgIpc) is 2.24. The Morgan fingerprint density at radius 2 is 1.82 bits per heavy atom. The molecule has 0 radical (unpaired) electrons. The number of hydrogen-bond donors (Lipinski definition) is 1. The van der Waals surface area contributed by atoms with Crippen molar-refractivity contribution < 1.29 is 0 Å². The number of nitrogens with one attached hydrogen (secondary N) is 1. The highest BCUT2D eigenvalue weighted by atomic mass is 79.9. The van der Waals surface area contributed by atoms with Crippen LogP contribution in [0.15, 0.2) is 28.7 Å². The third-order valence-electron chi connectivity index (χ3n) is 2.30. The summed E-state index contributed by atoms with van der Waals surface area (Å²) in [5, 5.41) is 3.22. The van der Waals surface area contributed by atoms with Crippen LogP contribution < -0.4 is 5.32 Å². The molecule has 0 spiro atoms. The molecule has 0 unspecified atom stereocenters. The summed E-state index contributed by atoms with van der Waals surface area (Å²) in [5.74, 6) is 3.72. The maximum atomic E-state index is 3.46. The van der Waals surface area contributed by atoms with Crippen LogP contribution in [-0.4, -0.2) is 21.7 Å². The topological polar surface area (TPSA) is 12.0 Å². The van der Waals surface area contributed by atoms with E-state index in [4.69, 9.17) is 0 Å². The standard InChI is InChI=1S/C14H20BrNSi/c1-16-11-13(9-10-17(2,3)4)12-5-7-14(15)8-6-12/h5-8,13,16H,11H2,1-4H3/t13-/m0/s1. The Kier molecular flexibility index (Phi) is 5.45. The molecule has 0 aliphatic heterocycles. The maximum absolute atomic E-state index is 3.46. The van der Waals surface area contributed by atoms with Crippen LogP contribution in [0.25, 0.3) is 0 Å². The summed E-state index contributed by atoms with van der Waals surface area (Å²) in [6.45, 7) is 7.73. The van der Waals surface area contributed by atoms with Crippen LogP contribution in [0, 0.1) is 11.5 Å². The first-order valence-corrected chi connectivity index (χ1v) is 10.1. The van der Waals surface area contributed by atoms with Crippen molar-refractivity contribution in [2.24, 2.45) is 0 Å². The predicted octanol–water partition coefficient (Wildman–Crippen LogP) is 3.63. The van der Waals surface area contributed by atoms with Crippen LogP contribution in [0.4, 0.5) is 0 Å². The van der Waals surface area contributed by atoms with Gasteiger partial charge in [0, 0.05) is 11.0 Å². The summed E-state index contributed by atoms with van der Waals surface area (Å²) < 4.78 is 1.11. The van der Waals surface area contributed by atoms with Crippen molar-refractivity contribution in [2.75, 3.05) is 13.6 Å². The zero-order valence-corrected chi connectivity index (χ0v) is 13.6. The Hall–Kier alpha value is -0.563. The van der Waals surface area contributed by atoms with Crippen molar-refractivity contribution in [2.45, 2.75) is 25.6 Å². The second-order valence-corrected chi connectivity index (χ2v) is 10.8. The van der Waals surface area contributed by atoms with Crippen LogP contribution >= 0.6 is 15.9 Å². The Morgan fingerprint density at radius 3 is 2.29 bits per heavy atom. The van der Waals surface area contributed by atoms with E-state index in [9.17, 15) is 0 Å². The van der Waals surface area contributed by atoms with Gasteiger partial charge in [0.15, 0.2) is 0 Å². The van der Waals surface area contributed by atoms with Crippen molar-refractivity contribution in [3.8, 4) is 11.5 Å². The summed E-state index contributed by atoms with van der Waals surface area (Å²) in [6, 6.07) is 8.44. The molecule has 1 aromatic carbocycles. The molecule has 92 valence electrons. The van der Waals surface area contributed by atoms with Gasteiger partial charge in [0.25, 0.3) is 0 Å². The fourth-order valence-electron chi connectivity index (χ4n) is 1.46. The number of rotatable bonds is 3. The van der Waals surface area contributed by atoms with E-state index >= 15 is 0 Å². The summed E-state index contributed by atoms with van der Waals surface area (Å²) in [4.78, 5) is 0.